The van der Waals surface area contributed by atoms with Crippen molar-refractivity contribution < 1.29 is 32.2 Å². The Kier molecular flexibility index (Phi) is 4.65. The van der Waals surface area contributed by atoms with Crippen LogP contribution in [0, 0.1) is 5.92 Å². The summed E-state index contributed by atoms with van der Waals surface area (Å²) in [6.07, 6.45) is -3.80. The lowest BCUT2D eigenvalue weighted by Gasteiger charge is -2.17. The zero-order valence-corrected chi connectivity index (χ0v) is 12.5. The van der Waals surface area contributed by atoms with Gasteiger partial charge in [0.1, 0.15) is 11.5 Å². The van der Waals surface area contributed by atoms with Crippen molar-refractivity contribution in [3.63, 3.8) is 0 Å². The second-order valence-electron chi connectivity index (χ2n) is 4.54. The van der Waals surface area contributed by atoms with Crippen LogP contribution in [0.4, 0.5) is 13.2 Å². The van der Waals surface area contributed by atoms with Gasteiger partial charge in [-0.1, -0.05) is 0 Å². The van der Waals surface area contributed by atoms with Crippen LogP contribution in [0.1, 0.15) is 12.8 Å². The molecule has 0 radical (unpaired) electrons. The molecule has 1 unspecified atom stereocenters. The Bertz CT molecular complexity index is 529. The lowest BCUT2D eigenvalue weighted by molar-refractivity contribution is -0.274. The normalized spacial score (nSPS) is 16.2. The third-order valence-corrected chi connectivity index (χ3v) is 3.50. The number of halogens is 4. The average Bonchev–Trinajstić information content (AvgIpc) is 3.21. The lowest BCUT2D eigenvalue weighted by Crippen LogP contribution is -2.30. The van der Waals surface area contributed by atoms with Gasteiger partial charge >= 0.3 is 12.3 Å². The van der Waals surface area contributed by atoms with Gasteiger partial charge in [0.25, 0.3) is 0 Å². The molecule has 1 aliphatic rings. The minimum Gasteiger partial charge on any atom is -0.478 e. The summed E-state index contributed by atoms with van der Waals surface area (Å²) in [5.74, 6) is -0.527. The Morgan fingerprint density at radius 2 is 2.05 bits per heavy atom. The van der Waals surface area contributed by atoms with Crippen molar-refractivity contribution in [3.05, 3.63) is 22.7 Å². The molecule has 8 heteroatoms. The number of hydrogen-bond donors (Lipinski definition) is 0. The summed E-state index contributed by atoms with van der Waals surface area (Å²) in [5, 5.41) is 0. The Labute approximate surface area is 127 Å². The molecule has 0 amide bonds. The van der Waals surface area contributed by atoms with E-state index < -0.39 is 18.4 Å². The quantitative estimate of drug-likeness (QED) is 0.743. The van der Waals surface area contributed by atoms with Crippen LogP contribution in [0.3, 0.4) is 0 Å². The molecule has 1 aliphatic carbocycles. The van der Waals surface area contributed by atoms with E-state index in [0.29, 0.717) is 0 Å². The van der Waals surface area contributed by atoms with E-state index in [9.17, 15) is 18.0 Å². The number of carbonyl (C=O) groups is 1. The molecule has 0 spiro atoms. The second kappa shape index (κ2) is 6.13. The van der Waals surface area contributed by atoms with Crippen molar-refractivity contribution in [1.82, 2.24) is 0 Å². The second-order valence-corrected chi connectivity index (χ2v) is 5.39. The molecule has 116 valence electrons. The molecule has 1 aromatic carbocycles. The van der Waals surface area contributed by atoms with Crippen LogP contribution in [-0.4, -0.2) is 25.5 Å². The summed E-state index contributed by atoms with van der Waals surface area (Å²) >= 11 is 2.98. The molecule has 0 aromatic heterocycles. The summed E-state index contributed by atoms with van der Waals surface area (Å²) in [6.45, 7) is 0. The van der Waals surface area contributed by atoms with Crippen LogP contribution >= 0.6 is 15.9 Å². The first-order chi connectivity index (χ1) is 9.80. The molecule has 0 aliphatic heterocycles. The Morgan fingerprint density at radius 3 is 2.52 bits per heavy atom. The van der Waals surface area contributed by atoms with Crippen molar-refractivity contribution in [2.45, 2.75) is 25.3 Å². The fourth-order valence-electron chi connectivity index (χ4n) is 1.76. The summed E-state index contributed by atoms with van der Waals surface area (Å²) in [7, 11) is 1.26. The van der Waals surface area contributed by atoms with E-state index in [0.717, 1.165) is 18.9 Å². The fraction of sp³-hybridized carbons (Fsp3) is 0.462. The third-order valence-electron chi connectivity index (χ3n) is 2.88. The molecule has 0 bridgehead atoms. The van der Waals surface area contributed by atoms with Gasteiger partial charge in [-0.15, -0.1) is 13.2 Å². The number of hydrogen-bond acceptors (Lipinski definition) is 4. The third kappa shape index (κ3) is 4.52. The van der Waals surface area contributed by atoms with Gasteiger partial charge in [0.05, 0.1) is 11.6 Å². The van der Waals surface area contributed by atoms with Crippen LogP contribution in [0.15, 0.2) is 22.7 Å². The van der Waals surface area contributed by atoms with Crippen LogP contribution in [0.2, 0.25) is 0 Å². The summed E-state index contributed by atoms with van der Waals surface area (Å²) < 4.78 is 50.6. The number of rotatable bonds is 5. The molecule has 2 rings (SSSR count). The van der Waals surface area contributed by atoms with E-state index in [4.69, 9.17) is 4.74 Å². The predicted molar refractivity (Wildman–Crippen MR) is 70.0 cm³/mol. The van der Waals surface area contributed by atoms with Crippen molar-refractivity contribution in [3.8, 4) is 11.5 Å². The molecular weight excluding hydrogens is 357 g/mol. The zero-order chi connectivity index (χ0) is 15.6. The standard InChI is InChI=1S/C13H12BrF3O4/c1-19-12(18)11(7-2-3-7)20-8-4-5-10(9(14)6-8)21-13(15,16)17/h4-7,11H,2-3H2,1H3. The van der Waals surface area contributed by atoms with Crippen LogP contribution in [0.25, 0.3) is 0 Å². The van der Waals surface area contributed by atoms with Gasteiger partial charge in [-0.05, 0) is 47.0 Å². The molecular formula is C13H12BrF3O4. The first kappa shape index (κ1) is 15.9. The van der Waals surface area contributed by atoms with Gasteiger partial charge in [0.15, 0.2) is 6.10 Å². The van der Waals surface area contributed by atoms with Gasteiger partial charge in [-0.2, -0.15) is 0 Å². The maximum Gasteiger partial charge on any atom is 0.573 e. The van der Waals surface area contributed by atoms with Gasteiger partial charge in [-0.25, -0.2) is 4.79 Å². The van der Waals surface area contributed by atoms with E-state index in [-0.39, 0.29) is 21.9 Å². The fourth-order valence-corrected chi connectivity index (χ4v) is 2.20. The molecule has 0 saturated heterocycles. The van der Waals surface area contributed by atoms with Gasteiger partial charge < -0.3 is 14.2 Å². The maximum atomic E-state index is 12.2. The van der Waals surface area contributed by atoms with Crippen molar-refractivity contribution in [1.29, 1.82) is 0 Å². The summed E-state index contributed by atoms with van der Waals surface area (Å²) in [5.41, 5.74) is 0. The highest BCUT2D eigenvalue weighted by atomic mass is 79.9. The molecule has 0 N–H and O–H groups in total. The largest absolute Gasteiger partial charge is 0.573 e. The monoisotopic (exact) mass is 368 g/mol. The molecule has 21 heavy (non-hydrogen) atoms. The zero-order valence-electron chi connectivity index (χ0n) is 10.9. The van der Waals surface area contributed by atoms with E-state index in [2.05, 4.69) is 25.4 Å². The Morgan fingerprint density at radius 1 is 1.38 bits per heavy atom. The maximum absolute atomic E-state index is 12.2. The molecule has 1 aromatic rings. The minimum atomic E-state index is -4.77. The lowest BCUT2D eigenvalue weighted by atomic mass is 10.2. The van der Waals surface area contributed by atoms with Gasteiger partial charge in [-0.3, -0.25) is 0 Å². The van der Waals surface area contributed by atoms with E-state index in [1.165, 1.54) is 19.2 Å². The molecule has 0 heterocycles. The average molecular weight is 369 g/mol. The van der Waals surface area contributed by atoms with E-state index >= 15 is 0 Å². The number of benzene rings is 1. The highest BCUT2D eigenvalue weighted by Crippen LogP contribution is 2.37. The van der Waals surface area contributed by atoms with Crippen molar-refractivity contribution in [2.24, 2.45) is 5.92 Å². The first-order valence-electron chi connectivity index (χ1n) is 6.10. The SMILES string of the molecule is COC(=O)C(Oc1ccc(OC(F)(F)F)c(Br)c1)C1CC1. The number of ether oxygens (including phenoxy) is 3. The van der Waals surface area contributed by atoms with Gasteiger partial charge in [0, 0.05) is 5.92 Å². The van der Waals surface area contributed by atoms with Crippen LogP contribution in [-0.2, 0) is 9.53 Å². The van der Waals surface area contributed by atoms with Crippen molar-refractivity contribution >= 4 is 21.9 Å². The summed E-state index contributed by atoms with van der Waals surface area (Å²) in [4.78, 5) is 11.6. The van der Waals surface area contributed by atoms with E-state index in [1.807, 2.05) is 0 Å². The smallest absolute Gasteiger partial charge is 0.478 e. The van der Waals surface area contributed by atoms with Crippen molar-refractivity contribution in [2.75, 3.05) is 7.11 Å². The number of methoxy groups -OCH3 is 1. The minimum absolute atomic E-state index is 0.0803. The molecule has 4 nitrogen and oxygen atoms in total. The molecule has 1 fully saturated rings. The topological polar surface area (TPSA) is 44.8 Å². The van der Waals surface area contributed by atoms with Gasteiger partial charge in [0.2, 0.25) is 0 Å². The molecule has 1 atom stereocenters. The van der Waals surface area contributed by atoms with Crippen LogP contribution < -0.4 is 9.47 Å². The van der Waals surface area contributed by atoms with Crippen LogP contribution in [0.5, 0.6) is 11.5 Å². The Hall–Kier alpha value is -1.44. The van der Waals surface area contributed by atoms with E-state index in [1.54, 1.807) is 0 Å². The summed E-state index contributed by atoms with van der Waals surface area (Å²) in [6, 6.07) is 3.75. The number of carbonyl (C=O) groups excluding carboxylic acids is 1. The highest BCUT2D eigenvalue weighted by molar-refractivity contribution is 9.10. The predicted octanol–water partition coefficient (Wildman–Crippen LogP) is 3.68. The number of alkyl halides is 3. The highest BCUT2D eigenvalue weighted by Gasteiger charge is 2.39. The number of esters is 1. The Balaban J connectivity index is 2.10. The first-order valence-corrected chi connectivity index (χ1v) is 6.89. The molecule has 1 saturated carbocycles.